The Bertz CT molecular complexity index is 666. The summed E-state index contributed by atoms with van der Waals surface area (Å²) in [5, 5.41) is 0. The molecule has 0 spiro atoms. The fraction of sp³-hybridized carbons (Fsp3) is 0.250. The number of sulfone groups is 1. The maximum atomic E-state index is 12.5. The molecule has 0 aromatic heterocycles. The molecule has 106 valence electrons. The third kappa shape index (κ3) is 3.26. The Morgan fingerprint density at radius 2 is 1.60 bits per heavy atom. The smallest absolute Gasteiger partial charge is 0.179 e. The van der Waals surface area contributed by atoms with Crippen LogP contribution < -0.4 is 5.73 Å². The first-order valence-corrected chi connectivity index (χ1v) is 8.23. The van der Waals surface area contributed by atoms with Gasteiger partial charge in [-0.25, -0.2) is 8.42 Å². The van der Waals surface area contributed by atoms with E-state index in [-0.39, 0.29) is 11.7 Å². The van der Waals surface area contributed by atoms with E-state index >= 15 is 0 Å². The van der Waals surface area contributed by atoms with Gasteiger partial charge in [0.1, 0.15) is 0 Å². The van der Waals surface area contributed by atoms with E-state index in [9.17, 15) is 8.42 Å². The van der Waals surface area contributed by atoms with Crippen molar-refractivity contribution in [2.45, 2.75) is 17.7 Å². The predicted octanol–water partition coefficient (Wildman–Crippen LogP) is 2.51. The molecule has 2 aromatic rings. The number of hydrogen-bond acceptors (Lipinski definition) is 3. The first kappa shape index (κ1) is 14.8. The van der Waals surface area contributed by atoms with Crippen molar-refractivity contribution < 1.29 is 8.42 Å². The Balaban J connectivity index is 2.30. The summed E-state index contributed by atoms with van der Waals surface area (Å²) >= 11 is 0. The van der Waals surface area contributed by atoms with Crippen LogP contribution in [-0.4, -0.2) is 20.7 Å². The molecule has 0 aliphatic carbocycles. The van der Waals surface area contributed by atoms with E-state index < -0.39 is 9.84 Å². The van der Waals surface area contributed by atoms with E-state index in [1.54, 1.807) is 12.1 Å². The number of benzene rings is 2. The summed E-state index contributed by atoms with van der Waals surface area (Å²) < 4.78 is 25.1. The first-order chi connectivity index (χ1) is 9.54. The molecule has 0 saturated heterocycles. The van der Waals surface area contributed by atoms with Crippen molar-refractivity contribution in [1.29, 1.82) is 0 Å². The molecule has 2 rings (SSSR count). The van der Waals surface area contributed by atoms with Crippen LogP contribution in [0.3, 0.4) is 0 Å². The van der Waals surface area contributed by atoms with Gasteiger partial charge in [0, 0.05) is 12.5 Å². The molecule has 0 saturated carbocycles. The van der Waals surface area contributed by atoms with E-state index in [0.29, 0.717) is 11.4 Å². The molecule has 0 fully saturated rings. The number of nitrogens with two attached hydrogens (primary N) is 1. The topological polar surface area (TPSA) is 60.2 Å². The largest absolute Gasteiger partial charge is 0.330 e. The zero-order chi connectivity index (χ0) is 14.6. The molecule has 0 amide bonds. The van der Waals surface area contributed by atoms with Gasteiger partial charge in [0.15, 0.2) is 9.84 Å². The van der Waals surface area contributed by atoms with Gasteiger partial charge in [-0.05, 0) is 24.1 Å². The van der Waals surface area contributed by atoms with Crippen LogP contribution in [0.15, 0.2) is 59.5 Å². The third-order valence-electron chi connectivity index (χ3n) is 3.40. The fourth-order valence-electron chi connectivity index (χ4n) is 2.29. The summed E-state index contributed by atoms with van der Waals surface area (Å²) in [6, 6.07) is 16.6. The Labute approximate surface area is 120 Å². The normalized spacial score (nSPS) is 13.1. The van der Waals surface area contributed by atoms with Crippen molar-refractivity contribution in [2.24, 2.45) is 5.73 Å². The molecule has 1 atom stereocenters. The van der Waals surface area contributed by atoms with Crippen molar-refractivity contribution in [3.63, 3.8) is 0 Å². The third-order valence-corrected chi connectivity index (χ3v) is 5.37. The highest BCUT2D eigenvalue weighted by Crippen LogP contribution is 2.23. The summed E-state index contributed by atoms with van der Waals surface area (Å²) in [6.07, 6.45) is 0. The van der Waals surface area contributed by atoms with Crippen LogP contribution in [0.1, 0.15) is 17.0 Å². The molecule has 4 heteroatoms. The van der Waals surface area contributed by atoms with Crippen molar-refractivity contribution in [3.8, 4) is 0 Å². The minimum absolute atomic E-state index is 0.0400. The van der Waals surface area contributed by atoms with Crippen molar-refractivity contribution in [2.75, 3.05) is 12.3 Å². The van der Waals surface area contributed by atoms with Gasteiger partial charge in [-0.1, -0.05) is 48.5 Å². The van der Waals surface area contributed by atoms with E-state index in [4.69, 9.17) is 5.73 Å². The van der Waals surface area contributed by atoms with Crippen LogP contribution in [0.4, 0.5) is 0 Å². The monoisotopic (exact) mass is 289 g/mol. The van der Waals surface area contributed by atoms with Crippen LogP contribution in [0, 0.1) is 6.92 Å². The molecule has 0 radical (unpaired) electrons. The van der Waals surface area contributed by atoms with E-state index in [1.807, 2.05) is 49.4 Å². The molecule has 3 nitrogen and oxygen atoms in total. The summed E-state index contributed by atoms with van der Waals surface area (Å²) in [4.78, 5) is 0.398. The highest BCUT2D eigenvalue weighted by atomic mass is 32.2. The van der Waals surface area contributed by atoms with Gasteiger partial charge in [0.05, 0.1) is 10.6 Å². The summed E-state index contributed by atoms with van der Waals surface area (Å²) in [6.45, 7) is 2.13. The maximum absolute atomic E-state index is 12.5. The molecule has 20 heavy (non-hydrogen) atoms. The fourth-order valence-corrected chi connectivity index (χ4v) is 4.17. The van der Waals surface area contributed by atoms with Crippen LogP contribution in [0.2, 0.25) is 0 Å². The molecule has 0 bridgehead atoms. The Kier molecular flexibility index (Phi) is 4.57. The lowest BCUT2D eigenvalue weighted by atomic mass is 10.0. The van der Waals surface area contributed by atoms with Gasteiger partial charge in [-0.2, -0.15) is 0 Å². The van der Waals surface area contributed by atoms with Crippen LogP contribution in [0.25, 0.3) is 0 Å². The average Bonchev–Trinajstić information content (AvgIpc) is 2.46. The Hall–Kier alpha value is -1.65. The Morgan fingerprint density at radius 1 is 1.00 bits per heavy atom. The molecule has 2 aromatic carbocycles. The van der Waals surface area contributed by atoms with Crippen molar-refractivity contribution in [1.82, 2.24) is 0 Å². The number of rotatable bonds is 5. The van der Waals surface area contributed by atoms with Gasteiger partial charge in [0.25, 0.3) is 0 Å². The Morgan fingerprint density at radius 3 is 2.20 bits per heavy atom. The molecule has 0 heterocycles. The van der Waals surface area contributed by atoms with E-state index in [1.165, 1.54) is 0 Å². The van der Waals surface area contributed by atoms with Gasteiger partial charge < -0.3 is 5.73 Å². The molecule has 2 N–H and O–H groups in total. The number of hydrogen-bond donors (Lipinski definition) is 1. The second-order valence-corrected chi connectivity index (χ2v) is 6.89. The second-order valence-electron chi connectivity index (χ2n) is 4.89. The van der Waals surface area contributed by atoms with E-state index in [0.717, 1.165) is 11.1 Å². The zero-order valence-electron chi connectivity index (χ0n) is 11.5. The van der Waals surface area contributed by atoms with Gasteiger partial charge in [0.2, 0.25) is 0 Å². The lowest BCUT2D eigenvalue weighted by molar-refractivity contribution is 0.587. The molecule has 0 aliphatic heterocycles. The summed E-state index contributed by atoms with van der Waals surface area (Å²) in [5.41, 5.74) is 7.50. The van der Waals surface area contributed by atoms with Gasteiger partial charge in [-0.15, -0.1) is 0 Å². The summed E-state index contributed by atoms with van der Waals surface area (Å²) in [5.74, 6) is -0.140. The molecular weight excluding hydrogens is 270 g/mol. The molecule has 1 unspecified atom stereocenters. The lowest BCUT2D eigenvalue weighted by Gasteiger charge is -2.16. The lowest BCUT2D eigenvalue weighted by Crippen LogP contribution is -2.22. The first-order valence-electron chi connectivity index (χ1n) is 6.58. The SMILES string of the molecule is Cc1ccccc1S(=O)(=O)CC(CN)c1ccccc1. The number of aryl methyl sites for hydroxylation is 1. The van der Waals surface area contributed by atoms with E-state index in [2.05, 4.69) is 0 Å². The minimum atomic E-state index is -3.33. The van der Waals surface area contributed by atoms with Crippen LogP contribution >= 0.6 is 0 Å². The highest BCUT2D eigenvalue weighted by Gasteiger charge is 2.22. The standard InChI is InChI=1S/C16H19NO2S/c1-13-7-5-6-10-16(13)20(18,19)12-15(11-17)14-8-3-2-4-9-14/h2-10,15H,11-12,17H2,1H3. The zero-order valence-corrected chi connectivity index (χ0v) is 12.3. The van der Waals surface area contributed by atoms with Crippen LogP contribution in [0.5, 0.6) is 0 Å². The average molecular weight is 289 g/mol. The van der Waals surface area contributed by atoms with Gasteiger partial charge >= 0.3 is 0 Å². The highest BCUT2D eigenvalue weighted by molar-refractivity contribution is 7.91. The quantitative estimate of drug-likeness (QED) is 0.920. The predicted molar refractivity (Wildman–Crippen MR) is 81.5 cm³/mol. The van der Waals surface area contributed by atoms with Crippen molar-refractivity contribution in [3.05, 3.63) is 65.7 Å². The maximum Gasteiger partial charge on any atom is 0.179 e. The summed E-state index contributed by atoms with van der Waals surface area (Å²) in [7, 11) is -3.33. The second kappa shape index (κ2) is 6.20. The van der Waals surface area contributed by atoms with Crippen molar-refractivity contribution >= 4 is 9.84 Å². The minimum Gasteiger partial charge on any atom is -0.330 e. The molecular formula is C16H19NO2S. The van der Waals surface area contributed by atoms with Gasteiger partial charge in [-0.3, -0.25) is 0 Å². The molecule has 0 aliphatic rings. The van der Waals surface area contributed by atoms with Crippen LogP contribution in [-0.2, 0) is 9.84 Å².